The lowest BCUT2D eigenvalue weighted by Gasteiger charge is -2.08. The van der Waals surface area contributed by atoms with Gasteiger partial charge in [0.15, 0.2) is 9.84 Å². The van der Waals surface area contributed by atoms with Crippen LogP contribution in [0.25, 0.3) is 0 Å². The minimum Gasteiger partial charge on any atom is -0.396 e. The Balaban J connectivity index is 2.12. The molecule has 0 bridgehead atoms. The average molecular weight is 453 g/mol. The Morgan fingerprint density at radius 1 is 1.21 bits per heavy atom. The predicted molar refractivity (Wildman–Crippen MR) is 116 cm³/mol. The first-order chi connectivity index (χ1) is 13.6. The van der Waals surface area contributed by atoms with Gasteiger partial charge in [0.1, 0.15) is 20.6 Å². The second kappa shape index (κ2) is 8.14. The molecule has 0 fully saturated rings. The molecule has 3 N–H and O–H groups in total. The van der Waals surface area contributed by atoms with E-state index >= 15 is 0 Å². The van der Waals surface area contributed by atoms with Gasteiger partial charge in [-0.05, 0) is 25.1 Å². The Hall–Kier alpha value is -2.42. The lowest BCUT2D eigenvalue weighted by molar-refractivity contribution is 0.104. The molecule has 0 aliphatic rings. The van der Waals surface area contributed by atoms with E-state index in [-0.39, 0.29) is 37.0 Å². The van der Waals surface area contributed by atoms with Gasteiger partial charge in [0, 0.05) is 11.3 Å². The maximum Gasteiger partial charge on any atom is 0.205 e. The monoisotopic (exact) mass is 452 g/mol. The Morgan fingerprint density at radius 3 is 2.45 bits per heavy atom. The SMILES string of the molecule is CCS(=O)(=O)c1c(Nc2ccc(F)c(Cl)c2)sc(C(=O)c2ccc(C)cc2)c1N. The van der Waals surface area contributed by atoms with Gasteiger partial charge in [-0.15, -0.1) is 11.3 Å². The molecule has 5 nitrogen and oxygen atoms in total. The molecule has 9 heteroatoms. The first-order valence-corrected chi connectivity index (χ1v) is 11.5. The molecule has 1 heterocycles. The molecule has 0 saturated heterocycles. The van der Waals surface area contributed by atoms with E-state index in [4.69, 9.17) is 17.3 Å². The van der Waals surface area contributed by atoms with Gasteiger partial charge < -0.3 is 11.1 Å². The number of anilines is 3. The first kappa shape index (κ1) is 21.3. The molecule has 3 aromatic rings. The molecule has 0 amide bonds. The molecule has 29 heavy (non-hydrogen) atoms. The van der Waals surface area contributed by atoms with Crippen molar-refractivity contribution < 1.29 is 17.6 Å². The van der Waals surface area contributed by atoms with Crippen LogP contribution < -0.4 is 11.1 Å². The second-order valence-electron chi connectivity index (χ2n) is 6.36. The zero-order valence-electron chi connectivity index (χ0n) is 15.6. The highest BCUT2D eigenvalue weighted by atomic mass is 35.5. The molecule has 0 spiro atoms. The molecule has 0 radical (unpaired) electrons. The van der Waals surface area contributed by atoms with Crippen LogP contribution in [0.2, 0.25) is 5.02 Å². The normalized spacial score (nSPS) is 11.4. The van der Waals surface area contributed by atoms with Crippen LogP contribution in [0.4, 0.5) is 20.8 Å². The summed E-state index contributed by atoms with van der Waals surface area (Å²) in [4.78, 5) is 12.9. The van der Waals surface area contributed by atoms with E-state index in [1.165, 1.54) is 19.1 Å². The number of halogens is 2. The van der Waals surface area contributed by atoms with Crippen molar-refractivity contribution in [2.24, 2.45) is 0 Å². The molecule has 0 unspecified atom stereocenters. The number of nitrogens with one attached hydrogen (secondary N) is 1. The third kappa shape index (κ3) is 4.29. The number of benzene rings is 2. The van der Waals surface area contributed by atoms with Crippen LogP contribution in [0.3, 0.4) is 0 Å². The Labute approximate surface area is 177 Å². The summed E-state index contributed by atoms with van der Waals surface area (Å²) in [7, 11) is -3.74. The topological polar surface area (TPSA) is 89.3 Å². The van der Waals surface area contributed by atoms with E-state index in [9.17, 15) is 17.6 Å². The van der Waals surface area contributed by atoms with Crippen molar-refractivity contribution in [2.75, 3.05) is 16.8 Å². The molecule has 0 aliphatic heterocycles. The van der Waals surface area contributed by atoms with Gasteiger partial charge in [-0.25, -0.2) is 12.8 Å². The summed E-state index contributed by atoms with van der Waals surface area (Å²) in [5.41, 5.74) is 7.80. The van der Waals surface area contributed by atoms with E-state index in [0.717, 1.165) is 23.0 Å². The lowest BCUT2D eigenvalue weighted by atomic mass is 10.1. The van der Waals surface area contributed by atoms with E-state index in [1.54, 1.807) is 24.3 Å². The lowest BCUT2D eigenvalue weighted by Crippen LogP contribution is -2.09. The van der Waals surface area contributed by atoms with Crippen molar-refractivity contribution >= 4 is 54.9 Å². The number of nitrogens with two attached hydrogens (primary N) is 1. The van der Waals surface area contributed by atoms with Crippen LogP contribution in [-0.4, -0.2) is 20.0 Å². The van der Waals surface area contributed by atoms with Gasteiger partial charge in [0.25, 0.3) is 0 Å². The van der Waals surface area contributed by atoms with Crippen molar-refractivity contribution in [3.63, 3.8) is 0 Å². The van der Waals surface area contributed by atoms with Crippen molar-refractivity contribution in [1.29, 1.82) is 0 Å². The summed E-state index contributed by atoms with van der Waals surface area (Å²) in [6, 6.07) is 10.8. The van der Waals surface area contributed by atoms with Gasteiger partial charge in [0.05, 0.1) is 16.5 Å². The summed E-state index contributed by atoms with van der Waals surface area (Å²) in [6.45, 7) is 3.39. The number of rotatable bonds is 6. The highest BCUT2D eigenvalue weighted by Gasteiger charge is 2.29. The van der Waals surface area contributed by atoms with Crippen LogP contribution in [0.5, 0.6) is 0 Å². The van der Waals surface area contributed by atoms with Gasteiger partial charge in [0.2, 0.25) is 5.78 Å². The van der Waals surface area contributed by atoms with Gasteiger partial charge in [-0.3, -0.25) is 4.79 Å². The van der Waals surface area contributed by atoms with Gasteiger partial charge in [-0.2, -0.15) is 0 Å². The quantitative estimate of drug-likeness (QED) is 0.502. The van der Waals surface area contributed by atoms with Crippen molar-refractivity contribution in [3.05, 3.63) is 69.3 Å². The summed E-state index contributed by atoms with van der Waals surface area (Å²) in [5, 5.41) is 2.98. The van der Waals surface area contributed by atoms with E-state index in [2.05, 4.69) is 5.32 Å². The number of thiophene rings is 1. The Kier molecular flexibility index (Phi) is 5.97. The Morgan fingerprint density at radius 2 is 1.86 bits per heavy atom. The van der Waals surface area contributed by atoms with Crippen LogP contribution in [0, 0.1) is 12.7 Å². The van der Waals surface area contributed by atoms with Gasteiger partial charge in [-0.1, -0.05) is 48.4 Å². The number of hydrogen-bond donors (Lipinski definition) is 2. The third-order valence-corrected chi connectivity index (χ3v) is 7.63. The minimum atomic E-state index is -3.74. The molecule has 152 valence electrons. The number of aryl methyl sites for hydroxylation is 1. The molecular formula is C20H18ClFN2O3S2. The smallest absolute Gasteiger partial charge is 0.205 e. The van der Waals surface area contributed by atoms with Crippen LogP contribution in [0.15, 0.2) is 47.4 Å². The zero-order chi connectivity index (χ0) is 21.3. The minimum absolute atomic E-state index is 0.0990. The average Bonchev–Trinajstić information content (AvgIpc) is 3.01. The maximum atomic E-state index is 13.4. The molecular weight excluding hydrogens is 435 g/mol. The fraction of sp³-hybridized carbons (Fsp3) is 0.150. The van der Waals surface area contributed by atoms with Crippen molar-refractivity contribution in [1.82, 2.24) is 0 Å². The van der Waals surface area contributed by atoms with Gasteiger partial charge >= 0.3 is 0 Å². The summed E-state index contributed by atoms with van der Waals surface area (Å²) < 4.78 is 38.8. The van der Waals surface area contributed by atoms with Crippen LogP contribution in [0.1, 0.15) is 27.7 Å². The largest absolute Gasteiger partial charge is 0.396 e. The second-order valence-corrected chi connectivity index (χ2v) is 10.00. The van der Waals surface area contributed by atoms with Crippen molar-refractivity contribution in [3.8, 4) is 0 Å². The number of nitrogen functional groups attached to an aromatic ring is 1. The molecule has 3 rings (SSSR count). The summed E-state index contributed by atoms with van der Waals surface area (Å²) in [5.74, 6) is -1.16. The fourth-order valence-electron chi connectivity index (χ4n) is 2.67. The third-order valence-electron chi connectivity index (χ3n) is 4.29. The highest BCUT2D eigenvalue weighted by molar-refractivity contribution is 7.92. The summed E-state index contributed by atoms with van der Waals surface area (Å²) in [6.07, 6.45) is 0. The molecule has 0 saturated carbocycles. The van der Waals surface area contributed by atoms with E-state index in [1.807, 2.05) is 6.92 Å². The number of ketones is 1. The predicted octanol–water partition coefficient (Wildman–Crippen LogP) is 5.20. The molecule has 0 atom stereocenters. The molecule has 2 aromatic carbocycles. The highest BCUT2D eigenvalue weighted by Crippen LogP contribution is 2.42. The van der Waals surface area contributed by atoms with Crippen LogP contribution in [-0.2, 0) is 9.84 Å². The number of carbonyl (C=O) groups is 1. The first-order valence-electron chi connectivity index (χ1n) is 8.62. The Bertz CT molecular complexity index is 1190. The van der Waals surface area contributed by atoms with E-state index < -0.39 is 15.7 Å². The van der Waals surface area contributed by atoms with Crippen molar-refractivity contribution in [2.45, 2.75) is 18.7 Å². The maximum absolute atomic E-state index is 13.4. The zero-order valence-corrected chi connectivity index (χ0v) is 18.0. The number of hydrogen-bond acceptors (Lipinski definition) is 6. The number of carbonyl (C=O) groups excluding carboxylic acids is 1. The standard InChI is InChI=1S/C20H18ClFN2O3S2/c1-3-29(26,27)19-16(23)18(17(25)12-6-4-11(2)5-7-12)28-20(19)24-13-8-9-15(22)14(21)10-13/h4-10,24H,3,23H2,1-2H3. The molecule has 1 aromatic heterocycles. The van der Waals surface area contributed by atoms with E-state index in [0.29, 0.717) is 11.3 Å². The number of sulfone groups is 1. The molecule has 0 aliphatic carbocycles. The van der Waals surface area contributed by atoms with Crippen LogP contribution >= 0.6 is 22.9 Å². The summed E-state index contributed by atoms with van der Waals surface area (Å²) >= 11 is 6.75. The fourth-order valence-corrected chi connectivity index (χ4v) is 5.48.